The maximum absolute atomic E-state index is 11.9. The first-order valence-corrected chi connectivity index (χ1v) is 9.34. The number of unbranched alkanes of at least 4 members (excludes halogenated alkanes) is 1. The van der Waals surface area contributed by atoms with Crippen molar-refractivity contribution in [2.24, 2.45) is 5.10 Å². The number of hydrogen-bond acceptors (Lipinski definition) is 9. The van der Waals surface area contributed by atoms with Gasteiger partial charge in [0.1, 0.15) is 5.69 Å². The van der Waals surface area contributed by atoms with Crippen LogP contribution in [0.3, 0.4) is 0 Å². The first-order valence-electron chi connectivity index (χ1n) is 9.34. The molecule has 0 aliphatic heterocycles. The molecule has 0 bridgehead atoms. The second kappa shape index (κ2) is 11.2. The fourth-order valence-corrected chi connectivity index (χ4v) is 2.44. The highest BCUT2D eigenvalue weighted by Crippen LogP contribution is 2.38. The Kier molecular flexibility index (Phi) is 8.42. The van der Waals surface area contributed by atoms with E-state index in [1.807, 2.05) is 11.9 Å². The summed E-state index contributed by atoms with van der Waals surface area (Å²) in [5.74, 6) is -0.327. The van der Waals surface area contributed by atoms with Crippen molar-refractivity contribution in [1.82, 2.24) is 20.6 Å². The third-order valence-electron chi connectivity index (χ3n) is 3.99. The molecule has 0 fully saturated rings. The van der Waals surface area contributed by atoms with E-state index in [4.69, 9.17) is 9.47 Å². The number of hydrogen-bond donors (Lipinski definition) is 3. The molecule has 0 unspecified atom stereocenters. The number of nitro groups is 1. The molecule has 31 heavy (non-hydrogen) atoms. The molecule has 166 valence electrons. The van der Waals surface area contributed by atoms with E-state index in [0.717, 1.165) is 12.8 Å². The van der Waals surface area contributed by atoms with Gasteiger partial charge >= 0.3 is 11.4 Å². The molecule has 1 aromatic carbocycles. The minimum Gasteiger partial charge on any atom is -0.493 e. The van der Waals surface area contributed by atoms with Crippen LogP contribution in [0.5, 0.6) is 11.5 Å². The predicted octanol–water partition coefficient (Wildman–Crippen LogP) is 0.637. The Bertz CT molecular complexity index is 1080. The van der Waals surface area contributed by atoms with Crippen LogP contribution in [0.2, 0.25) is 0 Å². The monoisotopic (exact) mass is 434 g/mol. The second-order valence-corrected chi connectivity index (χ2v) is 6.28. The lowest BCUT2D eigenvalue weighted by Crippen LogP contribution is -2.28. The Morgan fingerprint density at radius 3 is 2.81 bits per heavy atom. The minimum atomic E-state index is -0.742. The molecule has 1 heterocycles. The zero-order chi connectivity index (χ0) is 22.8. The third kappa shape index (κ3) is 6.76. The number of rotatable bonds is 11. The zero-order valence-corrected chi connectivity index (χ0v) is 17.0. The highest BCUT2D eigenvalue weighted by molar-refractivity contribution is 5.85. The summed E-state index contributed by atoms with van der Waals surface area (Å²) in [5, 5.41) is 20.8. The molecule has 0 saturated heterocycles. The number of benzene rings is 1. The van der Waals surface area contributed by atoms with Crippen LogP contribution in [-0.4, -0.2) is 45.9 Å². The first-order chi connectivity index (χ1) is 14.8. The van der Waals surface area contributed by atoms with E-state index in [0.29, 0.717) is 12.2 Å². The van der Waals surface area contributed by atoms with E-state index >= 15 is 0 Å². The second-order valence-electron chi connectivity index (χ2n) is 6.28. The van der Waals surface area contributed by atoms with Gasteiger partial charge in [-0.25, -0.2) is 15.3 Å². The van der Waals surface area contributed by atoms with Crippen LogP contribution < -0.4 is 26.1 Å². The molecular weight excluding hydrogens is 412 g/mol. The fourth-order valence-electron chi connectivity index (χ4n) is 2.44. The number of hydrazone groups is 1. The summed E-state index contributed by atoms with van der Waals surface area (Å²) < 4.78 is 10.7. The van der Waals surface area contributed by atoms with Gasteiger partial charge in [-0.2, -0.15) is 10.2 Å². The van der Waals surface area contributed by atoms with E-state index in [1.54, 1.807) is 0 Å². The molecule has 3 N–H and O–H groups in total. The number of amides is 1. The number of aryl methyl sites for hydroxylation is 1. The number of nitro benzene ring substituents is 1. The van der Waals surface area contributed by atoms with Crippen molar-refractivity contribution >= 4 is 17.8 Å². The molecule has 2 rings (SSSR count). The molecule has 0 saturated carbocycles. The van der Waals surface area contributed by atoms with Crippen LogP contribution >= 0.6 is 0 Å². The lowest BCUT2D eigenvalue weighted by atomic mass is 10.2. The molecule has 0 radical (unpaired) electrons. The van der Waals surface area contributed by atoms with Gasteiger partial charge in [-0.15, -0.1) is 0 Å². The van der Waals surface area contributed by atoms with Gasteiger partial charge in [0.05, 0.1) is 24.9 Å². The number of nitrogens with one attached hydrogen (secondary N) is 3. The number of aromatic nitrogens is 3. The van der Waals surface area contributed by atoms with Gasteiger partial charge in [0, 0.05) is 24.5 Å². The smallest absolute Gasteiger partial charge is 0.342 e. The average molecular weight is 434 g/mol. The summed E-state index contributed by atoms with van der Waals surface area (Å²) in [6.45, 7) is 2.28. The number of methoxy groups -OCH3 is 1. The summed E-state index contributed by atoms with van der Waals surface area (Å²) in [5.41, 5.74) is 0.853. The van der Waals surface area contributed by atoms with Gasteiger partial charge in [-0.1, -0.05) is 13.3 Å². The third-order valence-corrected chi connectivity index (χ3v) is 3.99. The Hall–Kier alpha value is -4.03. The Morgan fingerprint density at radius 2 is 2.16 bits per heavy atom. The topological polar surface area (TPSA) is 182 Å². The molecule has 0 aliphatic rings. The number of carbonyl (C=O) groups excluding carboxylic acids is 1. The van der Waals surface area contributed by atoms with E-state index in [2.05, 4.69) is 20.7 Å². The van der Waals surface area contributed by atoms with E-state index < -0.39 is 22.1 Å². The van der Waals surface area contributed by atoms with Crippen LogP contribution in [0, 0.1) is 10.1 Å². The van der Waals surface area contributed by atoms with Gasteiger partial charge in [-0.3, -0.25) is 24.7 Å². The van der Waals surface area contributed by atoms with Gasteiger partial charge < -0.3 is 9.47 Å². The molecule has 0 atom stereocenters. The highest BCUT2D eigenvalue weighted by Gasteiger charge is 2.22. The molecule has 0 aliphatic carbocycles. The summed E-state index contributed by atoms with van der Waals surface area (Å²) >= 11 is 0. The van der Waals surface area contributed by atoms with Crippen molar-refractivity contribution in [3.63, 3.8) is 0 Å². The van der Waals surface area contributed by atoms with Crippen LogP contribution in [0.25, 0.3) is 0 Å². The molecule has 1 amide bonds. The molecule has 13 nitrogen and oxygen atoms in total. The average Bonchev–Trinajstić information content (AvgIpc) is 2.73. The fraction of sp³-hybridized carbons (Fsp3) is 0.389. The summed E-state index contributed by atoms with van der Waals surface area (Å²) in [4.78, 5) is 47.2. The van der Waals surface area contributed by atoms with E-state index in [1.165, 1.54) is 25.5 Å². The van der Waals surface area contributed by atoms with E-state index in [9.17, 15) is 24.5 Å². The molecular formula is C18H22N6O7. The summed E-state index contributed by atoms with van der Waals surface area (Å²) in [6, 6.07) is 2.75. The lowest BCUT2D eigenvalue weighted by molar-refractivity contribution is -0.386. The van der Waals surface area contributed by atoms with Crippen molar-refractivity contribution in [3.05, 3.63) is 54.3 Å². The number of nitrogens with zero attached hydrogens (tertiary/aromatic N) is 3. The van der Waals surface area contributed by atoms with Crippen LogP contribution in [0.1, 0.15) is 37.4 Å². The molecule has 1 aromatic heterocycles. The maximum atomic E-state index is 11.9. The molecule has 13 heteroatoms. The minimum absolute atomic E-state index is 0.00208. The Labute approximate surface area is 175 Å². The maximum Gasteiger partial charge on any atom is 0.342 e. The highest BCUT2D eigenvalue weighted by atomic mass is 16.6. The van der Waals surface area contributed by atoms with Crippen molar-refractivity contribution in [3.8, 4) is 11.5 Å². The lowest BCUT2D eigenvalue weighted by Gasteiger charge is -2.11. The number of ether oxygens (including phenoxy) is 2. The van der Waals surface area contributed by atoms with E-state index in [-0.39, 0.29) is 35.7 Å². The normalized spacial score (nSPS) is 10.8. The predicted molar refractivity (Wildman–Crippen MR) is 110 cm³/mol. The van der Waals surface area contributed by atoms with Crippen molar-refractivity contribution in [2.75, 3.05) is 13.7 Å². The SMILES string of the molecule is CCCCOc1c(OC)cc(/C=N/NC(=O)CCc2n[nH]c(=O)[nH]c2=O)cc1[N+](=O)[O-]. The molecule has 2 aromatic rings. The Balaban J connectivity index is 2.06. The number of H-pyrrole nitrogens is 2. The van der Waals surface area contributed by atoms with Gasteiger partial charge in [0.15, 0.2) is 5.75 Å². The van der Waals surface area contributed by atoms with Crippen molar-refractivity contribution < 1.29 is 19.2 Å². The largest absolute Gasteiger partial charge is 0.493 e. The number of carbonyl (C=O) groups is 1. The van der Waals surface area contributed by atoms with Crippen molar-refractivity contribution in [1.29, 1.82) is 0 Å². The van der Waals surface area contributed by atoms with Gasteiger partial charge in [0.2, 0.25) is 11.7 Å². The first kappa shape index (κ1) is 23.3. The van der Waals surface area contributed by atoms with Crippen LogP contribution in [-0.2, 0) is 11.2 Å². The summed E-state index contributed by atoms with van der Waals surface area (Å²) in [6.07, 6.45) is 2.68. The molecule has 0 spiro atoms. The quantitative estimate of drug-likeness (QED) is 0.199. The Morgan fingerprint density at radius 1 is 1.39 bits per heavy atom. The number of aromatic amines is 2. The van der Waals surface area contributed by atoms with Gasteiger partial charge in [-0.05, 0) is 12.5 Å². The zero-order valence-electron chi connectivity index (χ0n) is 17.0. The van der Waals surface area contributed by atoms with Crippen LogP contribution in [0.4, 0.5) is 5.69 Å². The van der Waals surface area contributed by atoms with Gasteiger partial charge in [0.25, 0.3) is 5.56 Å². The van der Waals surface area contributed by atoms with Crippen molar-refractivity contribution in [2.45, 2.75) is 32.6 Å². The van der Waals surface area contributed by atoms with Crippen LogP contribution in [0.15, 0.2) is 26.8 Å². The standard InChI is InChI=1S/C18H22N6O7/c1-3-4-7-31-16-13(24(28)29)8-11(9-14(16)30-2)10-19-22-15(25)6-5-12-17(26)20-18(27)23-21-12/h8-10H,3-7H2,1-2H3,(H,22,25)(H2,20,23,26,27)/b19-10+. The summed E-state index contributed by atoms with van der Waals surface area (Å²) in [7, 11) is 1.36.